The molecule has 0 saturated carbocycles. The summed E-state index contributed by atoms with van der Waals surface area (Å²) in [6.45, 7) is 4.57. The second-order valence-electron chi connectivity index (χ2n) is 4.79. The summed E-state index contributed by atoms with van der Waals surface area (Å²) in [6.07, 6.45) is 1.33. The lowest BCUT2D eigenvalue weighted by molar-refractivity contribution is 0.139. The minimum absolute atomic E-state index is 0.344. The summed E-state index contributed by atoms with van der Waals surface area (Å²) in [5.74, 6) is 0. The van der Waals surface area contributed by atoms with E-state index in [1.165, 1.54) is 5.56 Å². The molecule has 0 saturated heterocycles. The van der Waals surface area contributed by atoms with E-state index in [0.29, 0.717) is 6.54 Å². The van der Waals surface area contributed by atoms with E-state index in [9.17, 15) is 5.11 Å². The highest BCUT2D eigenvalue weighted by molar-refractivity contribution is 5.14. The summed E-state index contributed by atoms with van der Waals surface area (Å²) in [5.41, 5.74) is 3.37. The van der Waals surface area contributed by atoms with Crippen LogP contribution >= 0.6 is 0 Å². The minimum atomic E-state index is -0.344. The summed E-state index contributed by atoms with van der Waals surface area (Å²) in [7, 11) is 0. The van der Waals surface area contributed by atoms with Crippen LogP contribution in [0.15, 0.2) is 36.4 Å². The average Bonchev–Trinajstić information content (AvgIpc) is 2.67. The highest BCUT2D eigenvalue weighted by Gasteiger charge is 2.08. The number of aromatic nitrogens is 2. The molecule has 2 rings (SSSR count). The molecule has 0 unspecified atom stereocenters. The molecule has 2 aromatic rings. The molecule has 18 heavy (non-hydrogen) atoms. The molecule has 3 nitrogen and oxygen atoms in total. The van der Waals surface area contributed by atoms with Crippen LogP contribution in [0.5, 0.6) is 0 Å². The summed E-state index contributed by atoms with van der Waals surface area (Å²) >= 11 is 0. The number of benzene rings is 1. The van der Waals surface area contributed by atoms with E-state index in [1.54, 1.807) is 0 Å². The van der Waals surface area contributed by atoms with E-state index in [-0.39, 0.29) is 6.10 Å². The molecule has 0 spiro atoms. The lowest BCUT2D eigenvalue weighted by Crippen LogP contribution is -2.18. The largest absolute Gasteiger partial charge is 0.391 e. The highest BCUT2D eigenvalue weighted by atomic mass is 16.3. The Morgan fingerprint density at radius 1 is 1.22 bits per heavy atom. The fourth-order valence-electron chi connectivity index (χ4n) is 2.13. The Kier molecular flexibility index (Phi) is 4.15. The Labute approximate surface area is 108 Å². The van der Waals surface area contributed by atoms with Crippen molar-refractivity contribution >= 4 is 0 Å². The standard InChI is InChI=1S/C15H20N2O/c1-12-10-13(2)17(16-12)11-15(18)9-8-14-6-4-3-5-7-14/h3-7,10,15,18H,8-9,11H2,1-2H3/t15-/m0/s1. The molecule has 1 atom stereocenters. The van der Waals surface area contributed by atoms with Crippen LogP contribution in [-0.4, -0.2) is 21.0 Å². The van der Waals surface area contributed by atoms with Gasteiger partial charge in [-0.25, -0.2) is 0 Å². The van der Waals surface area contributed by atoms with Crippen molar-refractivity contribution in [2.45, 2.75) is 39.3 Å². The Hall–Kier alpha value is -1.61. The van der Waals surface area contributed by atoms with Crippen LogP contribution < -0.4 is 0 Å². The van der Waals surface area contributed by atoms with Gasteiger partial charge in [-0.1, -0.05) is 30.3 Å². The Balaban J connectivity index is 1.86. The van der Waals surface area contributed by atoms with E-state index < -0.39 is 0 Å². The van der Waals surface area contributed by atoms with Crippen LogP contribution in [0.3, 0.4) is 0 Å². The molecule has 0 bridgehead atoms. The van der Waals surface area contributed by atoms with Crippen molar-refractivity contribution in [3.05, 3.63) is 53.3 Å². The molecule has 1 N–H and O–H groups in total. The molecule has 0 radical (unpaired) electrons. The SMILES string of the molecule is Cc1cc(C)n(C[C@@H](O)CCc2ccccc2)n1. The number of aliphatic hydroxyl groups is 1. The van der Waals surface area contributed by atoms with E-state index in [4.69, 9.17) is 0 Å². The van der Waals surface area contributed by atoms with Crippen molar-refractivity contribution in [1.29, 1.82) is 0 Å². The molecule has 0 aliphatic carbocycles. The van der Waals surface area contributed by atoms with E-state index in [0.717, 1.165) is 24.2 Å². The van der Waals surface area contributed by atoms with Crippen molar-refractivity contribution in [2.24, 2.45) is 0 Å². The molecular weight excluding hydrogens is 224 g/mol. The average molecular weight is 244 g/mol. The third-order valence-electron chi connectivity index (χ3n) is 3.10. The van der Waals surface area contributed by atoms with Gasteiger partial charge in [0.2, 0.25) is 0 Å². The number of aryl methyl sites for hydroxylation is 3. The molecule has 1 aromatic heterocycles. The van der Waals surface area contributed by atoms with Crippen molar-refractivity contribution < 1.29 is 5.11 Å². The fraction of sp³-hybridized carbons (Fsp3) is 0.400. The maximum Gasteiger partial charge on any atom is 0.0739 e. The molecule has 3 heteroatoms. The molecule has 0 aliphatic heterocycles. The Bertz CT molecular complexity index is 490. The number of hydrogen-bond donors (Lipinski definition) is 1. The van der Waals surface area contributed by atoms with Gasteiger partial charge in [0.25, 0.3) is 0 Å². The van der Waals surface area contributed by atoms with E-state index >= 15 is 0 Å². The predicted molar refractivity (Wildman–Crippen MR) is 72.5 cm³/mol. The van der Waals surface area contributed by atoms with E-state index in [1.807, 2.05) is 42.8 Å². The van der Waals surface area contributed by atoms with Gasteiger partial charge in [0.15, 0.2) is 0 Å². The van der Waals surface area contributed by atoms with Crippen molar-refractivity contribution in [2.75, 3.05) is 0 Å². The molecule has 0 amide bonds. The first kappa shape index (κ1) is 12.8. The first-order valence-corrected chi connectivity index (χ1v) is 6.38. The number of nitrogens with zero attached hydrogens (tertiary/aromatic N) is 2. The summed E-state index contributed by atoms with van der Waals surface area (Å²) in [6, 6.07) is 12.3. The first-order chi connectivity index (χ1) is 8.65. The van der Waals surface area contributed by atoms with Gasteiger partial charge < -0.3 is 5.11 Å². The molecule has 0 fully saturated rings. The van der Waals surface area contributed by atoms with Gasteiger partial charge in [-0.05, 0) is 38.3 Å². The fourth-order valence-corrected chi connectivity index (χ4v) is 2.13. The quantitative estimate of drug-likeness (QED) is 0.877. The van der Waals surface area contributed by atoms with Gasteiger partial charge >= 0.3 is 0 Å². The van der Waals surface area contributed by atoms with Gasteiger partial charge in [0.1, 0.15) is 0 Å². The smallest absolute Gasteiger partial charge is 0.0739 e. The van der Waals surface area contributed by atoms with Crippen LogP contribution in [0, 0.1) is 13.8 Å². The van der Waals surface area contributed by atoms with Gasteiger partial charge in [-0.15, -0.1) is 0 Å². The van der Waals surface area contributed by atoms with E-state index in [2.05, 4.69) is 17.2 Å². The zero-order valence-electron chi connectivity index (χ0n) is 11.0. The predicted octanol–water partition coefficient (Wildman–Crippen LogP) is 2.49. The molecule has 96 valence electrons. The van der Waals surface area contributed by atoms with Gasteiger partial charge in [0.05, 0.1) is 18.3 Å². The van der Waals surface area contributed by atoms with Crippen LogP contribution in [0.4, 0.5) is 0 Å². The third kappa shape index (κ3) is 3.44. The Morgan fingerprint density at radius 3 is 2.56 bits per heavy atom. The zero-order chi connectivity index (χ0) is 13.0. The van der Waals surface area contributed by atoms with Crippen LogP contribution in [0.2, 0.25) is 0 Å². The molecule has 1 heterocycles. The summed E-state index contributed by atoms with van der Waals surface area (Å²) < 4.78 is 1.88. The Morgan fingerprint density at radius 2 is 1.94 bits per heavy atom. The van der Waals surface area contributed by atoms with Crippen LogP contribution in [-0.2, 0) is 13.0 Å². The van der Waals surface area contributed by atoms with Crippen LogP contribution in [0.25, 0.3) is 0 Å². The lowest BCUT2D eigenvalue weighted by Gasteiger charge is -2.12. The lowest BCUT2D eigenvalue weighted by atomic mass is 10.1. The second kappa shape index (κ2) is 5.83. The maximum absolute atomic E-state index is 10.0. The number of rotatable bonds is 5. The van der Waals surface area contributed by atoms with Crippen molar-refractivity contribution in [3.63, 3.8) is 0 Å². The topological polar surface area (TPSA) is 38.0 Å². The van der Waals surface area contributed by atoms with Gasteiger partial charge in [0, 0.05) is 5.69 Å². The number of hydrogen-bond acceptors (Lipinski definition) is 2. The molecular formula is C15H20N2O. The van der Waals surface area contributed by atoms with Crippen molar-refractivity contribution in [3.8, 4) is 0 Å². The van der Waals surface area contributed by atoms with Gasteiger partial charge in [-0.3, -0.25) is 4.68 Å². The molecule has 1 aromatic carbocycles. The summed E-state index contributed by atoms with van der Waals surface area (Å²) in [5, 5.41) is 14.4. The minimum Gasteiger partial charge on any atom is -0.391 e. The zero-order valence-corrected chi connectivity index (χ0v) is 11.0. The monoisotopic (exact) mass is 244 g/mol. The molecule has 0 aliphatic rings. The number of aliphatic hydroxyl groups excluding tert-OH is 1. The first-order valence-electron chi connectivity index (χ1n) is 6.38. The normalized spacial score (nSPS) is 12.6. The van der Waals surface area contributed by atoms with Crippen molar-refractivity contribution in [1.82, 2.24) is 9.78 Å². The highest BCUT2D eigenvalue weighted by Crippen LogP contribution is 2.08. The summed E-state index contributed by atoms with van der Waals surface area (Å²) in [4.78, 5) is 0. The van der Waals surface area contributed by atoms with Gasteiger partial charge in [-0.2, -0.15) is 5.10 Å². The maximum atomic E-state index is 10.0. The van der Waals surface area contributed by atoms with Crippen LogP contribution in [0.1, 0.15) is 23.4 Å². The second-order valence-corrected chi connectivity index (χ2v) is 4.79. The third-order valence-corrected chi connectivity index (χ3v) is 3.10.